The Kier molecular flexibility index (Phi) is 4.26. The number of hydrogen-bond acceptors (Lipinski definition) is 4. The fourth-order valence-corrected chi connectivity index (χ4v) is 3.18. The number of carbonyl (C=O) groups is 1. The van der Waals surface area contributed by atoms with Gasteiger partial charge in [-0.15, -0.1) is 0 Å². The molecule has 2 aromatic carbocycles. The molecular formula is C19H16O3S. The molecule has 0 unspecified atom stereocenters. The van der Waals surface area contributed by atoms with Crippen LogP contribution in [0.4, 0.5) is 0 Å². The van der Waals surface area contributed by atoms with Crippen molar-refractivity contribution in [3.8, 4) is 0 Å². The number of Topliss-reactive ketones (excluding diaryl/α,β-unsaturated/α-hetero) is 1. The minimum atomic E-state index is -0.181. The first kappa shape index (κ1) is 15.4. The van der Waals surface area contributed by atoms with Gasteiger partial charge in [0.05, 0.1) is 19.1 Å². The molecule has 1 aliphatic carbocycles. The lowest BCUT2D eigenvalue weighted by Gasteiger charge is -2.23. The highest BCUT2D eigenvalue weighted by Gasteiger charge is 2.33. The summed E-state index contributed by atoms with van der Waals surface area (Å²) in [6.45, 7) is 0. The zero-order valence-electron chi connectivity index (χ0n) is 13.0. The summed E-state index contributed by atoms with van der Waals surface area (Å²) >= 11 is 5.49. The molecule has 2 aromatic rings. The fraction of sp³-hybridized carbons (Fsp3) is 0.158. The predicted octanol–water partition coefficient (Wildman–Crippen LogP) is 3.70. The third-order valence-corrected chi connectivity index (χ3v) is 4.29. The first-order chi connectivity index (χ1) is 11.2. The minimum Gasteiger partial charge on any atom is -0.491 e. The summed E-state index contributed by atoms with van der Waals surface area (Å²) in [6, 6.07) is 15.8. The maximum atomic E-state index is 12.9. The van der Waals surface area contributed by atoms with Crippen molar-refractivity contribution in [3.63, 3.8) is 0 Å². The second-order valence-electron chi connectivity index (χ2n) is 5.23. The van der Waals surface area contributed by atoms with E-state index in [2.05, 4.69) is 0 Å². The molecule has 116 valence electrons. The van der Waals surface area contributed by atoms with E-state index in [4.69, 9.17) is 21.7 Å². The van der Waals surface area contributed by atoms with Gasteiger partial charge in [0.15, 0.2) is 5.76 Å². The van der Waals surface area contributed by atoms with Crippen molar-refractivity contribution in [2.75, 3.05) is 14.2 Å². The number of hydrogen-bond donors (Lipinski definition) is 0. The number of rotatable bonds is 4. The van der Waals surface area contributed by atoms with Crippen LogP contribution < -0.4 is 0 Å². The molecule has 0 spiro atoms. The van der Waals surface area contributed by atoms with Gasteiger partial charge in [-0.25, -0.2) is 0 Å². The number of methoxy groups -OCH3 is 2. The first-order valence-corrected chi connectivity index (χ1v) is 7.65. The predicted molar refractivity (Wildman–Crippen MR) is 92.8 cm³/mol. The molecule has 3 nitrogen and oxygen atoms in total. The van der Waals surface area contributed by atoms with E-state index in [1.165, 1.54) is 14.2 Å². The Balaban J connectivity index is 2.12. The molecule has 4 heteroatoms. The van der Waals surface area contributed by atoms with E-state index >= 15 is 0 Å². The van der Waals surface area contributed by atoms with Gasteiger partial charge in [-0.1, -0.05) is 60.7 Å². The number of ether oxygens (including phenoxy) is 2. The van der Waals surface area contributed by atoms with E-state index in [1.807, 2.05) is 48.5 Å². The van der Waals surface area contributed by atoms with Crippen LogP contribution in [0.15, 0.2) is 60.0 Å². The van der Waals surface area contributed by atoms with Crippen molar-refractivity contribution in [2.45, 2.75) is 6.42 Å². The van der Waals surface area contributed by atoms with E-state index in [-0.39, 0.29) is 11.5 Å². The van der Waals surface area contributed by atoms with Crippen LogP contribution in [0.2, 0.25) is 0 Å². The Hall–Kier alpha value is -2.46. The van der Waals surface area contributed by atoms with E-state index in [0.29, 0.717) is 22.6 Å². The lowest BCUT2D eigenvalue weighted by atomic mass is 9.87. The van der Waals surface area contributed by atoms with Crippen LogP contribution in [0, 0.1) is 0 Å². The van der Waals surface area contributed by atoms with Gasteiger partial charge in [-0.2, -0.15) is 0 Å². The number of allylic oxidation sites excluding steroid dienone is 2. The number of carbonyl (C=O) groups excluding carboxylic acids is 1. The van der Waals surface area contributed by atoms with Crippen LogP contribution >= 0.6 is 12.2 Å². The number of ketones is 1. The van der Waals surface area contributed by atoms with E-state index < -0.39 is 0 Å². The quantitative estimate of drug-likeness (QED) is 0.804. The minimum absolute atomic E-state index is 0.172. The summed E-state index contributed by atoms with van der Waals surface area (Å²) in [5.41, 5.74) is 3.42. The molecule has 0 aliphatic heterocycles. The summed E-state index contributed by atoms with van der Waals surface area (Å²) in [5, 5.41) is 0. The van der Waals surface area contributed by atoms with Crippen molar-refractivity contribution in [2.24, 2.45) is 0 Å². The lowest BCUT2D eigenvalue weighted by Crippen LogP contribution is -2.25. The smallest absolute Gasteiger partial charge is 0.232 e. The molecule has 23 heavy (non-hydrogen) atoms. The van der Waals surface area contributed by atoms with Crippen LogP contribution in [0.1, 0.15) is 27.0 Å². The van der Waals surface area contributed by atoms with Crippen LogP contribution in [-0.4, -0.2) is 24.9 Å². The van der Waals surface area contributed by atoms with Gasteiger partial charge in [-0.3, -0.25) is 4.79 Å². The Bertz CT molecular complexity index is 807. The monoisotopic (exact) mass is 324 g/mol. The van der Waals surface area contributed by atoms with Gasteiger partial charge < -0.3 is 9.47 Å². The summed E-state index contributed by atoms with van der Waals surface area (Å²) in [4.78, 5) is 13.4. The lowest BCUT2D eigenvalue weighted by molar-refractivity contribution is 0.0930. The summed E-state index contributed by atoms with van der Waals surface area (Å²) < 4.78 is 10.5. The highest BCUT2D eigenvalue weighted by Crippen LogP contribution is 2.31. The Labute approximate surface area is 140 Å². The summed E-state index contributed by atoms with van der Waals surface area (Å²) in [6.07, 6.45) is 0.664. The van der Waals surface area contributed by atoms with Crippen molar-refractivity contribution >= 4 is 22.9 Å². The van der Waals surface area contributed by atoms with Gasteiger partial charge in [0.2, 0.25) is 11.5 Å². The number of benzene rings is 2. The number of thiocarbonyl (C=S) groups is 1. The fourth-order valence-electron chi connectivity index (χ4n) is 2.83. The summed E-state index contributed by atoms with van der Waals surface area (Å²) in [7, 11) is 2.95. The molecule has 0 heterocycles. The molecule has 0 bridgehead atoms. The third kappa shape index (κ3) is 2.66. The van der Waals surface area contributed by atoms with Gasteiger partial charge >= 0.3 is 0 Å². The average Bonchev–Trinajstić information content (AvgIpc) is 2.58. The van der Waals surface area contributed by atoms with E-state index in [0.717, 1.165) is 16.7 Å². The summed E-state index contributed by atoms with van der Waals surface area (Å²) in [5.74, 6) is 0.321. The standard InChI is InChI=1S/C19H16O3S/c1-21-17-16(20)15-13(11-12-7-4-3-5-8-12)9-6-10-14(15)19(23)18(17)22-2/h3-10H,11H2,1-2H3. The zero-order valence-corrected chi connectivity index (χ0v) is 13.8. The van der Waals surface area contributed by atoms with Gasteiger partial charge in [0.25, 0.3) is 0 Å². The van der Waals surface area contributed by atoms with Crippen LogP contribution in [-0.2, 0) is 15.9 Å². The third-order valence-electron chi connectivity index (χ3n) is 3.89. The van der Waals surface area contributed by atoms with Crippen LogP contribution in [0.3, 0.4) is 0 Å². The van der Waals surface area contributed by atoms with Crippen molar-refractivity contribution in [1.82, 2.24) is 0 Å². The Morgan fingerprint density at radius 2 is 1.61 bits per heavy atom. The maximum absolute atomic E-state index is 12.9. The van der Waals surface area contributed by atoms with Crippen molar-refractivity contribution < 1.29 is 14.3 Å². The van der Waals surface area contributed by atoms with E-state index in [9.17, 15) is 4.79 Å². The Morgan fingerprint density at radius 3 is 2.26 bits per heavy atom. The maximum Gasteiger partial charge on any atom is 0.232 e. The van der Waals surface area contributed by atoms with Crippen LogP contribution in [0.25, 0.3) is 0 Å². The highest BCUT2D eigenvalue weighted by atomic mass is 32.1. The van der Waals surface area contributed by atoms with Crippen molar-refractivity contribution in [3.05, 3.63) is 82.3 Å². The second kappa shape index (κ2) is 6.34. The van der Waals surface area contributed by atoms with Gasteiger partial charge in [0, 0.05) is 11.1 Å². The van der Waals surface area contributed by atoms with Gasteiger partial charge in [-0.05, 0) is 17.5 Å². The topological polar surface area (TPSA) is 35.5 Å². The van der Waals surface area contributed by atoms with E-state index in [1.54, 1.807) is 0 Å². The highest BCUT2D eigenvalue weighted by molar-refractivity contribution is 7.81. The average molecular weight is 324 g/mol. The molecule has 0 amide bonds. The zero-order chi connectivity index (χ0) is 16.4. The largest absolute Gasteiger partial charge is 0.491 e. The molecule has 0 radical (unpaired) electrons. The molecule has 0 fully saturated rings. The molecule has 1 aliphatic rings. The normalized spacial score (nSPS) is 13.8. The SMILES string of the molecule is COC1=C(OC)C(=S)c2cccc(Cc3ccccc3)c2C1=O. The number of fused-ring (bicyclic) bond motifs is 1. The molecule has 0 aromatic heterocycles. The molecule has 0 N–H and O–H groups in total. The van der Waals surface area contributed by atoms with Gasteiger partial charge in [0.1, 0.15) is 0 Å². The molecule has 0 saturated heterocycles. The second-order valence-corrected chi connectivity index (χ2v) is 5.64. The Morgan fingerprint density at radius 1 is 0.913 bits per heavy atom. The van der Waals surface area contributed by atoms with Crippen molar-refractivity contribution in [1.29, 1.82) is 0 Å². The first-order valence-electron chi connectivity index (χ1n) is 7.24. The van der Waals surface area contributed by atoms with Crippen LogP contribution in [0.5, 0.6) is 0 Å². The molecular weight excluding hydrogens is 308 g/mol. The molecule has 3 rings (SSSR count). The molecule has 0 atom stereocenters. The molecule has 0 saturated carbocycles.